The monoisotopic (exact) mass is 319 g/mol. The van der Waals surface area contributed by atoms with Gasteiger partial charge in [-0.05, 0) is 39.2 Å². The smallest absolute Gasteiger partial charge is 0.236 e. The number of carbonyl (C=O) groups excluding carboxylic acids is 1. The maximum Gasteiger partial charge on any atom is 0.236 e. The van der Waals surface area contributed by atoms with Gasteiger partial charge >= 0.3 is 0 Å². The van der Waals surface area contributed by atoms with Crippen molar-refractivity contribution in [3.63, 3.8) is 0 Å². The Hall–Kier alpha value is -0.360. The number of halogens is 1. The molecule has 1 amide bonds. The van der Waals surface area contributed by atoms with E-state index in [1.165, 1.54) is 6.42 Å². The Bertz CT molecular complexity index is 333. The van der Waals surface area contributed by atoms with Gasteiger partial charge in [0.1, 0.15) is 0 Å². The summed E-state index contributed by atoms with van der Waals surface area (Å²) in [4.78, 5) is 16.7. The van der Waals surface area contributed by atoms with E-state index in [0.29, 0.717) is 32.2 Å². The van der Waals surface area contributed by atoms with Crippen LogP contribution in [0.1, 0.15) is 33.6 Å². The Morgan fingerprint density at radius 2 is 1.86 bits per heavy atom. The highest BCUT2D eigenvalue weighted by molar-refractivity contribution is 5.85. The summed E-state index contributed by atoms with van der Waals surface area (Å²) in [6, 6.07) is 0.360. The average Bonchev–Trinajstić information content (AvgIpc) is 2.39. The molecule has 4 unspecified atom stereocenters. The third-order valence-electron chi connectivity index (χ3n) is 4.48. The zero-order chi connectivity index (χ0) is 14.7. The van der Waals surface area contributed by atoms with Gasteiger partial charge in [-0.1, -0.05) is 6.92 Å². The highest BCUT2D eigenvalue weighted by Gasteiger charge is 2.30. The van der Waals surface area contributed by atoms with Gasteiger partial charge in [-0.3, -0.25) is 9.69 Å². The van der Waals surface area contributed by atoms with Gasteiger partial charge in [0, 0.05) is 25.7 Å². The number of hydrogen-bond donors (Lipinski definition) is 1. The highest BCUT2D eigenvalue weighted by Crippen LogP contribution is 2.22. The molecule has 0 aromatic rings. The summed E-state index contributed by atoms with van der Waals surface area (Å²) in [6.07, 6.45) is 2.54. The van der Waals surface area contributed by atoms with E-state index in [1.54, 1.807) is 0 Å². The molecule has 6 heteroatoms. The molecule has 2 heterocycles. The molecule has 2 rings (SSSR count). The normalized spacial score (nSPS) is 34.4. The Labute approximate surface area is 134 Å². The van der Waals surface area contributed by atoms with Gasteiger partial charge in [-0.15, -0.1) is 12.4 Å². The molecule has 2 fully saturated rings. The number of likely N-dealkylation sites (tertiary alicyclic amines) is 1. The standard InChI is InChI=1S/C15H29N3O2.ClH/c1-11-4-5-17(14(6-11)7-16)10-15(19)18-8-12(2)20-13(3)9-18;/h11-14H,4-10,16H2,1-3H3;1H. The van der Waals surface area contributed by atoms with Crippen LogP contribution in [0.2, 0.25) is 0 Å². The van der Waals surface area contributed by atoms with E-state index >= 15 is 0 Å². The number of carbonyl (C=O) groups is 1. The molecule has 21 heavy (non-hydrogen) atoms. The summed E-state index contributed by atoms with van der Waals surface area (Å²) in [6.45, 7) is 9.89. The second-order valence-corrected chi connectivity index (χ2v) is 6.55. The van der Waals surface area contributed by atoms with Crippen LogP contribution in [0.4, 0.5) is 0 Å². The number of nitrogens with two attached hydrogens (primary N) is 1. The van der Waals surface area contributed by atoms with Crippen molar-refractivity contribution in [2.24, 2.45) is 11.7 Å². The second-order valence-electron chi connectivity index (χ2n) is 6.55. The summed E-state index contributed by atoms with van der Waals surface area (Å²) >= 11 is 0. The van der Waals surface area contributed by atoms with E-state index in [1.807, 2.05) is 18.7 Å². The summed E-state index contributed by atoms with van der Waals surface area (Å²) in [7, 11) is 0. The van der Waals surface area contributed by atoms with Crippen molar-refractivity contribution >= 4 is 18.3 Å². The molecular formula is C15H30ClN3O2. The fourth-order valence-electron chi connectivity index (χ4n) is 3.41. The van der Waals surface area contributed by atoms with Crippen LogP contribution in [0.15, 0.2) is 0 Å². The first-order chi connectivity index (χ1) is 9.49. The molecule has 0 spiro atoms. The number of amides is 1. The summed E-state index contributed by atoms with van der Waals surface area (Å²) in [5.41, 5.74) is 5.87. The minimum absolute atomic E-state index is 0. The third kappa shape index (κ3) is 5.09. The number of rotatable bonds is 3. The van der Waals surface area contributed by atoms with Crippen LogP contribution in [0.3, 0.4) is 0 Å². The van der Waals surface area contributed by atoms with Crippen LogP contribution in [0.25, 0.3) is 0 Å². The first-order valence-corrected chi connectivity index (χ1v) is 7.87. The Morgan fingerprint density at radius 3 is 2.43 bits per heavy atom. The third-order valence-corrected chi connectivity index (χ3v) is 4.48. The number of hydrogen-bond acceptors (Lipinski definition) is 4. The zero-order valence-corrected chi connectivity index (χ0v) is 14.3. The van der Waals surface area contributed by atoms with Crippen molar-refractivity contribution in [2.45, 2.75) is 51.9 Å². The predicted octanol–water partition coefficient (Wildman–Crippen LogP) is 1.10. The second kappa shape index (κ2) is 8.32. The van der Waals surface area contributed by atoms with Gasteiger partial charge in [0.2, 0.25) is 5.91 Å². The molecule has 0 aromatic heterocycles. The first-order valence-electron chi connectivity index (χ1n) is 7.87. The van der Waals surface area contributed by atoms with Crippen LogP contribution in [0, 0.1) is 5.92 Å². The molecule has 2 aliphatic rings. The van der Waals surface area contributed by atoms with Gasteiger partial charge in [-0.25, -0.2) is 0 Å². The number of ether oxygens (including phenoxy) is 1. The van der Waals surface area contributed by atoms with Crippen LogP contribution in [-0.4, -0.2) is 66.7 Å². The minimum atomic E-state index is 0. The Morgan fingerprint density at radius 1 is 1.24 bits per heavy atom. The Kier molecular flexibility index (Phi) is 7.40. The molecule has 0 aliphatic carbocycles. The van der Waals surface area contributed by atoms with E-state index < -0.39 is 0 Å². The van der Waals surface area contributed by atoms with Gasteiger partial charge in [-0.2, -0.15) is 0 Å². The molecule has 0 saturated carbocycles. The van der Waals surface area contributed by atoms with Crippen LogP contribution in [0.5, 0.6) is 0 Å². The molecule has 2 aliphatic heterocycles. The fraction of sp³-hybridized carbons (Fsp3) is 0.933. The maximum atomic E-state index is 12.5. The summed E-state index contributed by atoms with van der Waals surface area (Å²) in [5.74, 6) is 0.943. The molecule has 2 saturated heterocycles. The number of nitrogens with zero attached hydrogens (tertiary/aromatic N) is 2. The molecule has 4 atom stereocenters. The minimum Gasteiger partial charge on any atom is -0.372 e. The van der Waals surface area contributed by atoms with Crippen molar-refractivity contribution in [3.05, 3.63) is 0 Å². The van der Waals surface area contributed by atoms with Gasteiger partial charge in [0.25, 0.3) is 0 Å². The summed E-state index contributed by atoms with van der Waals surface area (Å²) in [5, 5.41) is 0. The highest BCUT2D eigenvalue weighted by atomic mass is 35.5. The molecule has 0 bridgehead atoms. The lowest BCUT2D eigenvalue weighted by molar-refractivity contribution is -0.145. The van der Waals surface area contributed by atoms with E-state index in [0.717, 1.165) is 18.9 Å². The fourth-order valence-corrected chi connectivity index (χ4v) is 3.41. The summed E-state index contributed by atoms with van der Waals surface area (Å²) < 4.78 is 5.69. The quantitative estimate of drug-likeness (QED) is 0.846. The lowest BCUT2D eigenvalue weighted by Crippen LogP contribution is -2.54. The van der Waals surface area contributed by atoms with Crippen LogP contribution < -0.4 is 5.73 Å². The number of piperidine rings is 1. The van der Waals surface area contributed by atoms with Gasteiger partial charge in [0.15, 0.2) is 0 Å². The molecule has 5 nitrogen and oxygen atoms in total. The lowest BCUT2D eigenvalue weighted by atomic mass is 9.92. The van der Waals surface area contributed by atoms with Crippen molar-refractivity contribution in [1.29, 1.82) is 0 Å². The lowest BCUT2D eigenvalue weighted by Gasteiger charge is -2.40. The zero-order valence-electron chi connectivity index (χ0n) is 13.5. The van der Waals surface area contributed by atoms with Crippen molar-refractivity contribution in [1.82, 2.24) is 9.80 Å². The SMILES string of the molecule is CC1CCN(CC(=O)N2CC(C)OC(C)C2)C(CN)C1.Cl. The van der Waals surface area contributed by atoms with Crippen molar-refractivity contribution < 1.29 is 9.53 Å². The molecule has 0 aromatic carbocycles. The first kappa shape index (κ1) is 18.7. The van der Waals surface area contributed by atoms with E-state index in [2.05, 4.69) is 11.8 Å². The average molecular weight is 320 g/mol. The van der Waals surface area contributed by atoms with Crippen molar-refractivity contribution in [2.75, 3.05) is 32.7 Å². The van der Waals surface area contributed by atoms with Gasteiger partial charge < -0.3 is 15.4 Å². The van der Waals surface area contributed by atoms with E-state index in [-0.39, 0.29) is 30.5 Å². The van der Waals surface area contributed by atoms with Crippen molar-refractivity contribution in [3.8, 4) is 0 Å². The van der Waals surface area contributed by atoms with E-state index in [9.17, 15) is 4.79 Å². The topological polar surface area (TPSA) is 58.8 Å². The van der Waals surface area contributed by atoms with Crippen LogP contribution in [-0.2, 0) is 9.53 Å². The van der Waals surface area contributed by atoms with Crippen LogP contribution >= 0.6 is 12.4 Å². The number of morpholine rings is 1. The Balaban J connectivity index is 0.00000220. The van der Waals surface area contributed by atoms with E-state index in [4.69, 9.17) is 10.5 Å². The predicted molar refractivity (Wildman–Crippen MR) is 86.7 cm³/mol. The molecule has 124 valence electrons. The molecular weight excluding hydrogens is 290 g/mol. The maximum absolute atomic E-state index is 12.5. The van der Waals surface area contributed by atoms with Gasteiger partial charge in [0.05, 0.1) is 18.8 Å². The largest absolute Gasteiger partial charge is 0.372 e. The molecule has 0 radical (unpaired) electrons. The molecule has 2 N–H and O–H groups in total.